The van der Waals surface area contributed by atoms with E-state index in [1.807, 2.05) is 13.0 Å². The highest BCUT2D eigenvalue weighted by atomic mass is 19.1. The third-order valence-corrected chi connectivity index (χ3v) is 4.64. The molecular weight excluding hydrogens is 243 g/mol. The molecule has 0 bridgehead atoms. The maximum absolute atomic E-state index is 14.2. The van der Waals surface area contributed by atoms with Gasteiger partial charge in [0.05, 0.1) is 11.8 Å². The summed E-state index contributed by atoms with van der Waals surface area (Å²) >= 11 is 0. The number of para-hydroxylation sites is 1. The third-order valence-electron chi connectivity index (χ3n) is 4.64. The normalized spacial score (nSPS) is 31.6. The standard InChI is InChI=1S/C15H21FN2O/c1-9(17)11-3-2-4-13(16)15(11)18-7-10-5-6-14(19)12(10)8-18/h2-4,9-10,12,14,19H,5-8,17H2,1H3/t9-,10?,12?,14?/m1/s1. The molecule has 4 atom stereocenters. The highest BCUT2D eigenvalue weighted by Gasteiger charge is 2.42. The van der Waals surface area contributed by atoms with Crippen molar-refractivity contribution >= 4 is 5.69 Å². The lowest BCUT2D eigenvalue weighted by molar-refractivity contribution is 0.133. The molecule has 2 aliphatic rings. The molecule has 1 aromatic carbocycles. The van der Waals surface area contributed by atoms with Crippen molar-refractivity contribution in [3.63, 3.8) is 0 Å². The van der Waals surface area contributed by atoms with E-state index < -0.39 is 0 Å². The van der Waals surface area contributed by atoms with Crippen molar-refractivity contribution in [2.75, 3.05) is 18.0 Å². The van der Waals surface area contributed by atoms with E-state index in [9.17, 15) is 9.50 Å². The maximum Gasteiger partial charge on any atom is 0.146 e. The van der Waals surface area contributed by atoms with Crippen LogP contribution in [0.3, 0.4) is 0 Å². The van der Waals surface area contributed by atoms with Crippen molar-refractivity contribution < 1.29 is 9.50 Å². The molecule has 1 aliphatic carbocycles. The second-order valence-corrected chi connectivity index (χ2v) is 5.94. The first-order chi connectivity index (χ1) is 9.08. The lowest BCUT2D eigenvalue weighted by Gasteiger charge is -2.25. The quantitative estimate of drug-likeness (QED) is 0.859. The number of benzene rings is 1. The number of nitrogens with zero attached hydrogens (tertiary/aromatic N) is 1. The fourth-order valence-corrected chi connectivity index (χ4v) is 3.65. The Morgan fingerprint density at radius 3 is 2.84 bits per heavy atom. The van der Waals surface area contributed by atoms with Gasteiger partial charge < -0.3 is 15.7 Å². The second kappa shape index (κ2) is 4.76. The summed E-state index contributed by atoms with van der Waals surface area (Å²) in [6.07, 6.45) is 1.71. The molecule has 2 fully saturated rings. The predicted octanol–water partition coefficient (Wildman–Crippen LogP) is 2.05. The molecule has 104 valence electrons. The molecule has 1 saturated heterocycles. The molecular formula is C15H21FN2O. The summed E-state index contributed by atoms with van der Waals surface area (Å²) in [6.45, 7) is 3.46. The number of anilines is 1. The summed E-state index contributed by atoms with van der Waals surface area (Å²) in [7, 11) is 0. The lowest BCUT2D eigenvalue weighted by Crippen LogP contribution is -2.27. The van der Waals surface area contributed by atoms with Crippen molar-refractivity contribution in [3.8, 4) is 0 Å². The molecule has 3 rings (SSSR count). The average molecular weight is 264 g/mol. The van der Waals surface area contributed by atoms with Crippen molar-refractivity contribution in [2.45, 2.75) is 31.9 Å². The predicted molar refractivity (Wildman–Crippen MR) is 73.4 cm³/mol. The largest absolute Gasteiger partial charge is 0.393 e. The minimum absolute atomic E-state index is 0.184. The smallest absolute Gasteiger partial charge is 0.146 e. The Labute approximate surface area is 113 Å². The van der Waals surface area contributed by atoms with Crippen LogP contribution < -0.4 is 10.6 Å². The van der Waals surface area contributed by atoms with Crippen LogP contribution in [0.15, 0.2) is 18.2 Å². The van der Waals surface area contributed by atoms with Gasteiger partial charge in [0, 0.05) is 25.0 Å². The monoisotopic (exact) mass is 264 g/mol. The van der Waals surface area contributed by atoms with E-state index in [-0.39, 0.29) is 18.0 Å². The molecule has 1 heterocycles. The average Bonchev–Trinajstić information content (AvgIpc) is 2.91. The van der Waals surface area contributed by atoms with Gasteiger partial charge in [0.15, 0.2) is 0 Å². The number of halogens is 1. The van der Waals surface area contributed by atoms with Crippen LogP contribution in [-0.4, -0.2) is 24.3 Å². The molecule has 1 aromatic rings. The summed E-state index contributed by atoms with van der Waals surface area (Å²) in [5, 5.41) is 9.97. The fraction of sp³-hybridized carbons (Fsp3) is 0.600. The number of hydrogen-bond donors (Lipinski definition) is 2. The first-order valence-electron chi connectivity index (χ1n) is 7.05. The molecule has 3 N–H and O–H groups in total. The number of nitrogens with two attached hydrogens (primary N) is 1. The Bertz CT molecular complexity index is 477. The van der Waals surface area contributed by atoms with E-state index in [0.29, 0.717) is 17.5 Å². The molecule has 4 heteroatoms. The van der Waals surface area contributed by atoms with E-state index in [1.165, 1.54) is 6.07 Å². The molecule has 1 aliphatic heterocycles. The van der Waals surface area contributed by atoms with Gasteiger partial charge in [-0.1, -0.05) is 12.1 Å². The van der Waals surface area contributed by atoms with Gasteiger partial charge in [-0.25, -0.2) is 4.39 Å². The topological polar surface area (TPSA) is 49.5 Å². The van der Waals surface area contributed by atoms with E-state index in [0.717, 1.165) is 31.5 Å². The van der Waals surface area contributed by atoms with Crippen LogP contribution >= 0.6 is 0 Å². The van der Waals surface area contributed by atoms with Crippen LogP contribution in [0.4, 0.5) is 10.1 Å². The van der Waals surface area contributed by atoms with Gasteiger partial charge in [-0.15, -0.1) is 0 Å². The van der Waals surface area contributed by atoms with E-state index >= 15 is 0 Å². The van der Waals surface area contributed by atoms with Gasteiger partial charge >= 0.3 is 0 Å². The first-order valence-corrected chi connectivity index (χ1v) is 7.05. The van der Waals surface area contributed by atoms with Crippen LogP contribution in [0.5, 0.6) is 0 Å². The maximum atomic E-state index is 14.2. The first kappa shape index (κ1) is 12.9. The Balaban J connectivity index is 1.92. The summed E-state index contributed by atoms with van der Waals surface area (Å²) in [4.78, 5) is 2.08. The van der Waals surface area contributed by atoms with Gasteiger partial charge in [-0.05, 0) is 37.3 Å². The number of hydrogen-bond acceptors (Lipinski definition) is 3. The van der Waals surface area contributed by atoms with Gasteiger partial charge in [-0.2, -0.15) is 0 Å². The SMILES string of the molecule is C[C@@H](N)c1cccc(F)c1N1CC2CCC(O)C2C1. The summed E-state index contributed by atoms with van der Waals surface area (Å²) < 4.78 is 14.2. The van der Waals surface area contributed by atoms with E-state index in [4.69, 9.17) is 5.73 Å². The zero-order chi connectivity index (χ0) is 13.6. The van der Waals surface area contributed by atoms with Crippen molar-refractivity contribution in [1.29, 1.82) is 0 Å². The molecule has 3 unspecified atom stereocenters. The molecule has 0 amide bonds. The number of fused-ring (bicyclic) bond motifs is 1. The number of aliphatic hydroxyl groups is 1. The second-order valence-electron chi connectivity index (χ2n) is 5.94. The van der Waals surface area contributed by atoms with Gasteiger partial charge in [0.1, 0.15) is 5.82 Å². The minimum Gasteiger partial charge on any atom is -0.393 e. The zero-order valence-corrected chi connectivity index (χ0v) is 11.2. The number of aliphatic hydroxyl groups excluding tert-OH is 1. The van der Waals surface area contributed by atoms with Crippen LogP contribution in [0.2, 0.25) is 0 Å². The van der Waals surface area contributed by atoms with Crippen LogP contribution in [-0.2, 0) is 0 Å². The van der Waals surface area contributed by atoms with Crippen LogP contribution in [0.25, 0.3) is 0 Å². The molecule has 0 aromatic heterocycles. The van der Waals surface area contributed by atoms with Crippen molar-refractivity contribution in [3.05, 3.63) is 29.6 Å². The van der Waals surface area contributed by atoms with Gasteiger partial charge in [-0.3, -0.25) is 0 Å². The van der Waals surface area contributed by atoms with Crippen molar-refractivity contribution in [1.82, 2.24) is 0 Å². The molecule has 1 saturated carbocycles. The Morgan fingerprint density at radius 1 is 1.37 bits per heavy atom. The summed E-state index contributed by atoms with van der Waals surface area (Å²) in [6, 6.07) is 4.92. The Hall–Kier alpha value is -1.13. The fourth-order valence-electron chi connectivity index (χ4n) is 3.65. The molecule has 3 nitrogen and oxygen atoms in total. The van der Waals surface area contributed by atoms with Gasteiger partial charge in [0.2, 0.25) is 0 Å². The molecule has 19 heavy (non-hydrogen) atoms. The summed E-state index contributed by atoms with van der Waals surface area (Å²) in [5.74, 6) is 0.584. The molecule has 0 spiro atoms. The zero-order valence-electron chi connectivity index (χ0n) is 11.2. The van der Waals surface area contributed by atoms with E-state index in [1.54, 1.807) is 6.07 Å². The highest BCUT2D eigenvalue weighted by molar-refractivity contribution is 5.57. The van der Waals surface area contributed by atoms with Crippen molar-refractivity contribution in [2.24, 2.45) is 17.6 Å². The lowest BCUT2D eigenvalue weighted by atomic mass is 10.00. The minimum atomic E-state index is -0.222. The Kier molecular flexibility index (Phi) is 3.23. The summed E-state index contributed by atoms with van der Waals surface area (Å²) in [5.41, 5.74) is 7.45. The van der Waals surface area contributed by atoms with Crippen LogP contribution in [0.1, 0.15) is 31.4 Å². The third kappa shape index (κ3) is 2.13. The van der Waals surface area contributed by atoms with Crippen LogP contribution in [0, 0.1) is 17.7 Å². The molecule has 0 radical (unpaired) electrons. The number of rotatable bonds is 2. The van der Waals surface area contributed by atoms with E-state index in [2.05, 4.69) is 4.90 Å². The Morgan fingerprint density at radius 2 is 2.16 bits per heavy atom. The highest BCUT2D eigenvalue weighted by Crippen LogP contribution is 2.41. The van der Waals surface area contributed by atoms with Gasteiger partial charge in [0.25, 0.3) is 0 Å².